The maximum absolute atomic E-state index is 13.1. The molecule has 0 unspecified atom stereocenters. The molecule has 0 spiro atoms. The molecule has 2 N–H and O–H groups in total. The second-order valence-electron chi connectivity index (χ2n) is 5.86. The van der Waals surface area contributed by atoms with Gasteiger partial charge < -0.3 is 10.1 Å². The van der Waals surface area contributed by atoms with Gasteiger partial charge in [-0.2, -0.15) is 18.3 Å². The average molecular weight is 390 g/mol. The summed E-state index contributed by atoms with van der Waals surface area (Å²) >= 11 is 0. The lowest BCUT2D eigenvalue weighted by atomic mass is 10.0. The molecule has 28 heavy (non-hydrogen) atoms. The van der Waals surface area contributed by atoms with Crippen LogP contribution < -0.4 is 10.1 Å². The van der Waals surface area contributed by atoms with Crippen molar-refractivity contribution in [1.29, 1.82) is 0 Å². The topological polar surface area (TPSA) is 79.9 Å². The molecule has 146 valence electrons. The fraction of sp³-hybridized carbons (Fsp3) is 0.211. The molecule has 2 aromatic carbocycles. The largest absolute Gasteiger partial charge is 0.494 e. The van der Waals surface area contributed by atoms with Crippen LogP contribution in [-0.2, 0) is 6.18 Å². The van der Waals surface area contributed by atoms with Crippen LogP contribution in [0.1, 0.15) is 40.3 Å². The average Bonchev–Trinajstić information content (AvgIpc) is 3.20. The number of halogens is 3. The molecule has 0 aliphatic rings. The number of ether oxygens (including phenoxy) is 1. The van der Waals surface area contributed by atoms with Gasteiger partial charge in [0.1, 0.15) is 18.1 Å². The van der Waals surface area contributed by atoms with E-state index in [1.165, 1.54) is 18.5 Å². The quantitative estimate of drug-likeness (QED) is 0.672. The molecule has 0 aliphatic heterocycles. The Hall–Kier alpha value is -3.36. The lowest BCUT2D eigenvalue weighted by Gasteiger charge is -2.18. The number of benzene rings is 2. The monoisotopic (exact) mass is 390 g/mol. The lowest BCUT2D eigenvalue weighted by Crippen LogP contribution is -2.30. The smallest absolute Gasteiger partial charge is 0.416 e. The summed E-state index contributed by atoms with van der Waals surface area (Å²) in [7, 11) is 0. The van der Waals surface area contributed by atoms with Gasteiger partial charge in [0.05, 0.1) is 12.2 Å². The van der Waals surface area contributed by atoms with Gasteiger partial charge in [-0.3, -0.25) is 9.89 Å². The van der Waals surface area contributed by atoms with Crippen LogP contribution in [0.3, 0.4) is 0 Å². The Kier molecular flexibility index (Phi) is 5.62. The number of nitrogens with zero attached hydrogens (tertiary/aromatic N) is 2. The van der Waals surface area contributed by atoms with Crippen LogP contribution in [0.2, 0.25) is 0 Å². The molecular weight excluding hydrogens is 373 g/mol. The van der Waals surface area contributed by atoms with Crippen LogP contribution in [0.25, 0.3) is 0 Å². The van der Waals surface area contributed by atoms with Crippen molar-refractivity contribution in [3.05, 3.63) is 77.4 Å². The van der Waals surface area contributed by atoms with Gasteiger partial charge in [0.2, 0.25) is 0 Å². The molecule has 0 radical (unpaired) electrons. The van der Waals surface area contributed by atoms with E-state index in [1.54, 1.807) is 24.3 Å². The van der Waals surface area contributed by atoms with Crippen LogP contribution >= 0.6 is 0 Å². The van der Waals surface area contributed by atoms with Crippen molar-refractivity contribution in [1.82, 2.24) is 20.5 Å². The second-order valence-corrected chi connectivity index (χ2v) is 5.86. The van der Waals surface area contributed by atoms with Crippen molar-refractivity contribution < 1.29 is 22.7 Å². The first-order chi connectivity index (χ1) is 13.4. The highest BCUT2D eigenvalue weighted by atomic mass is 19.4. The third-order valence-corrected chi connectivity index (χ3v) is 3.96. The van der Waals surface area contributed by atoms with Gasteiger partial charge in [0.15, 0.2) is 5.82 Å². The minimum atomic E-state index is -4.50. The van der Waals surface area contributed by atoms with Gasteiger partial charge in [-0.05, 0) is 48.9 Å². The predicted molar refractivity (Wildman–Crippen MR) is 94.7 cm³/mol. The van der Waals surface area contributed by atoms with Gasteiger partial charge in [0.25, 0.3) is 5.91 Å². The lowest BCUT2D eigenvalue weighted by molar-refractivity contribution is -0.137. The number of alkyl halides is 3. The predicted octanol–water partition coefficient (Wildman–Crippen LogP) is 3.74. The van der Waals surface area contributed by atoms with Crippen molar-refractivity contribution in [2.45, 2.75) is 19.1 Å². The molecule has 0 fully saturated rings. The summed E-state index contributed by atoms with van der Waals surface area (Å²) in [6.07, 6.45) is -3.28. The molecule has 1 amide bonds. The minimum Gasteiger partial charge on any atom is -0.494 e. The van der Waals surface area contributed by atoms with Gasteiger partial charge in [-0.1, -0.05) is 12.1 Å². The third-order valence-electron chi connectivity index (χ3n) is 3.96. The summed E-state index contributed by atoms with van der Waals surface area (Å²) in [6.45, 7) is 2.34. The second kappa shape index (κ2) is 8.12. The maximum Gasteiger partial charge on any atom is 0.416 e. The van der Waals surface area contributed by atoms with E-state index in [0.717, 1.165) is 12.1 Å². The SMILES string of the molecule is CCOc1ccc(C(=O)N[C@H](c2cccc(C(F)(F)F)c2)c2ncn[nH]2)cc1. The van der Waals surface area contributed by atoms with Crippen molar-refractivity contribution in [3.8, 4) is 5.75 Å². The molecule has 0 saturated heterocycles. The van der Waals surface area contributed by atoms with E-state index >= 15 is 0 Å². The van der Waals surface area contributed by atoms with Gasteiger partial charge >= 0.3 is 6.18 Å². The van der Waals surface area contributed by atoms with E-state index in [4.69, 9.17) is 4.74 Å². The number of nitrogens with one attached hydrogen (secondary N) is 2. The number of H-pyrrole nitrogens is 1. The summed E-state index contributed by atoms with van der Waals surface area (Å²) in [5.74, 6) is 0.365. The van der Waals surface area contributed by atoms with Crippen LogP contribution in [0.4, 0.5) is 13.2 Å². The highest BCUT2D eigenvalue weighted by Gasteiger charge is 2.31. The van der Waals surface area contributed by atoms with Gasteiger partial charge in [-0.25, -0.2) is 4.98 Å². The van der Waals surface area contributed by atoms with Crippen LogP contribution in [0.15, 0.2) is 54.9 Å². The molecule has 3 aromatic rings. The minimum absolute atomic E-state index is 0.221. The van der Waals surface area contributed by atoms with E-state index in [2.05, 4.69) is 20.5 Å². The Bertz CT molecular complexity index is 925. The molecule has 1 atom stereocenters. The number of hydrogen-bond donors (Lipinski definition) is 2. The van der Waals surface area contributed by atoms with Crippen molar-refractivity contribution in [2.24, 2.45) is 0 Å². The maximum atomic E-state index is 13.1. The zero-order valence-corrected chi connectivity index (χ0v) is 14.8. The number of carbonyl (C=O) groups is 1. The van der Waals surface area contributed by atoms with E-state index in [0.29, 0.717) is 17.9 Å². The van der Waals surface area contributed by atoms with E-state index in [9.17, 15) is 18.0 Å². The molecule has 1 aromatic heterocycles. The van der Waals surface area contributed by atoms with Crippen molar-refractivity contribution in [2.75, 3.05) is 6.61 Å². The first-order valence-corrected chi connectivity index (χ1v) is 8.44. The summed E-state index contributed by atoms with van der Waals surface area (Å²) in [4.78, 5) is 16.6. The first-order valence-electron chi connectivity index (χ1n) is 8.44. The summed E-state index contributed by atoms with van der Waals surface area (Å²) in [5, 5.41) is 9.03. The molecule has 0 aliphatic carbocycles. The summed E-state index contributed by atoms with van der Waals surface area (Å²) in [5.41, 5.74) is -0.254. The van der Waals surface area contributed by atoms with Gasteiger partial charge in [0, 0.05) is 5.56 Å². The molecule has 3 rings (SSSR count). The zero-order valence-electron chi connectivity index (χ0n) is 14.8. The van der Waals surface area contributed by atoms with E-state index < -0.39 is 23.7 Å². The van der Waals surface area contributed by atoms with Crippen LogP contribution in [-0.4, -0.2) is 27.7 Å². The number of aromatic nitrogens is 3. The highest BCUT2D eigenvalue weighted by Crippen LogP contribution is 2.31. The van der Waals surface area contributed by atoms with Crippen LogP contribution in [0, 0.1) is 0 Å². The Morgan fingerprint density at radius 3 is 2.57 bits per heavy atom. The highest BCUT2D eigenvalue weighted by molar-refractivity contribution is 5.94. The Morgan fingerprint density at radius 1 is 1.21 bits per heavy atom. The number of hydrogen-bond acceptors (Lipinski definition) is 4. The molecule has 6 nitrogen and oxygen atoms in total. The van der Waals surface area contributed by atoms with Gasteiger partial charge in [-0.15, -0.1) is 0 Å². The standard InChI is InChI=1S/C19H17F3N4O2/c1-2-28-15-8-6-12(7-9-15)18(27)25-16(17-23-11-24-26-17)13-4-3-5-14(10-13)19(20,21)22/h3-11,16H,2H2,1H3,(H,25,27)(H,23,24,26)/t16-/m1/s1. The molecule has 1 heterocycles. The molecule has 0 bridgehead atoms. The van der Waals surface area contributed by atoms with E-state index in [1.807, 2.05) is 6.92 Å². The van der Waals surface area contributed by atoms with Crippen molar-refractivity contribution >= 4 is 5.91 Å². The summed E-state index contributed by atoms with van der Waals surface area (Å²) in [6, 6.07) is 10.2. The number of amides is 1. The molecule has 9 heteroatoms. The van der Waals surface area contributed by atoms with E-state index in [-0.39, 0.29) is 11.4 Å². The Morgan fingerprint density at radius 2 is 1.96 bits per heavy atom. The molecular formula is C19H17F3N4O2. The summed E-state index contributed by atoms with van der Waals surface area (Å²) < 4.78 is 44.5. The third kappa shape index (κ3) is 4.48. The van der Waals surface area contributed by atoms with Crippen LogP contribution in [0.5, 0.6) is 5.75 Å². The normalized spacial score (nSPS) is 12.4. The number of aromatic amines is 1. The molecule has 0 saturated carbocycles. The Labute approximate surface area is 158 Å². The number of rotatable bonds is 6. The van der Waals surface area contributed by atoms with Crippen molar-refractivity contribution in [3.63, 3.8) is 0 Å². The zero-order chi connectivity index (χ0) is 20.1. The fourth-order valence-electron chi connectivity index (χ4n) is 2.64. The Balaban J connectivity index is 1.88. The first kappa shape index (κ1) is 19.4. The number of carbonyl (C=O) groups excluding carboxylic acids is 1. The fourth-order valence-corrected chi connectivity index (χ4v) is 2.64.